The van der Waals surface area contributed by atoms with Gasteiger partial charge >= 0.3 is 17.9 Å². The molecule has 3 aromatic rings. The van der Waals surface area contributed by atoms with Crippen molar-refractivity contribution in [3.05, 3.63) is 84.9 Å². The minimum Gasteiger partial charge on any atom is -0.370 e. The van der Waals surface area contributed by atoms with E-state index in [4.69, 9.17) is 31.0 Å². The van der Waals surface area contributed by atoms with Crippen LogP contribution < -0.4 is 10.1 Å². The number of rotatable bonds is 18. The van der Waals surface area contributed by atoms with Gasteiger partial charge in [0.1, 0.15) is 0 Å². The number of para-hydroxylation sites is 2. The first kappa shape index (κ1) is 35.8. The Balaban J connectivity index is 0.000000401. The van der Waals surface area contributed by atoms with Crippen molar-refractivity contribution >= 4 is 40.1 Å². The van der Waals surface area contributed by atoms with E-state index in [1.54, 1.807) is 0 Å². The molecule has 10 heteroatoms. The third-order valence-corrected chi connectivity index (χ3v) is 11.4. The Hall–Kier alpha value is -2.39. The zero-order valence-electron chi connectivity index (χ0n) is 26.3. The van der Waals surface area contributed by atoms with Gasteiger partial charge < -0.3 is 35.9 Å². The van der Waals surface area contributed by atoms with Crippen molar-refractivity contribution in [3.63, 3.8) is 0 Å². The van der Waals surface area contributed by atoms with Crippen molar-refractivity contribution in [2.75, 3.05) is 51.1 Å². The molecule has 0 bridgehead atoms. The number of hydrogen-bond acceptors (Lipinski definition) is 8. The smallest absolute Gasteiger partial charge is 0.370 e. The monoisotopic (exact) mass is 615 g/mol. The predicted molar refractivity (Wildman–Crippen MR) is 174 cm³/mol. The van der Waals surface area contributed by atoms with Gasteiger partial charge in [0.25, 0.3) is 0 Å². The molecule has 0 aromatic heterocycles. The quantitative estimate of drug-likeness (QED) is 0.142. The third kappa shape index (κ3) is 10.4. The van der Waals surface area contributed by atoms with Crippen molar-refractivity contribution in [2.45, 2.75) is 48.5 Å². The molecular weight excluding hydrogens is 567 g/mol. The lowest BCUT2D eigenvalue weighted by Gasteiger charge is -2.30. The van der Waals surface area contributed by atoms with Crippen LogP contribution in [0.25, 0.3) is 0 Å². The van der Waals surface area contributed by atoms with Crippen LogP contribution in [0.15, 0.2) is 84.9 Å². The van der Waals surface area contributed by atoms with Gasteiger partial charge in [0.2, 0.25) is 0 Å². The Kier molecular flexibility index (Phi) is 16.8. The largest absolute Gasteiger partial charge is 0.679 e. The molecule has 0 spiro atoms. The summed E-state index contributed by atoms with van der Waals surface area (Å²) in [6.07, 6.45) is 0. The summed E-state index contributed by atoms with van der Waals surface area (Å²) >= 11 is 0. The van der Waals surface area contributed by atoms with Crippen molar-refractivity contribution in [3.8, 4) is 0 Å². The molecule has 0 atom stereocenters. The second kappa shape index (κ2) is 19.7. The third-order valence-electron chi connectivity index (χ3n) is 5.80. The summed E-state index contributed by atoms with van der Waals surface area (Å²) in [7, 11) is -5.70. The molecule has 0 unspecified atom stereocenters. The van der Waals surface area contributed by atoms with Crippen LogP contribution in [0, 0.1) is 0 Å². The Bertz CT molecular complexity index is 1010. The highest BCUT2D eigenvalue weighted by Gasteiger charge is 2.44. The zero-order chi connectivity index (χ0) is 30.7. The van der Waals surface area contributed by atoms with E-state index in [0.29, 0.717) is 46.2 Å². The minimum atomic E-state index is -2.91. The van der Waals surface area contributed by atoms with E-state index in [-0.39, 0.29) is 0 Å². The Morgan fingerprint density at radius 1 is 0.405 bits per heavy atom. The fourth-order valence-electron chi connectivity index (χ4n) is 4.32. The second-order valence-corrected chi connectivity index (χ2v) is 13.4. The summed E-state index contributed by atoms with van der Waals surface area (Å²) in [6, 6.07) is 29.1. The molecule has 42 heavy (non-hydrogen) atoms. The SMILES string of the molecule is CCO[Si](OCC)(OCC)OCC.CCO[Si](OCC)(OCC)c1ccc(N(c2ccccc2)c2ccccc2)cc1. The molecule has 0 aliphatic carbocycles. The van der Waals surface area contributed by atoms with Crippen molar-refractivity contribution in [2.24, 2.45) is 0 Å². The molecule has 3 aromatic carbocycles. The fourth-order valence-corrected chi connectivity index (χ4v) is 8.70. The Labute approximate surface area is 255 Å². The highest BCUT2D eigenvalue weighted by Crippen LogP contribution is 2.33. The molecule has 0 radical (unpaired) electrons. The van der Waals surface area contributed by atoms with Crippen LogP contribution >= 0.6 is 0 Å². The van der Waals surface area contributed by atoms with Gasteiger partial charge in [-0.15, -0.1) is 0 Å². The molecule has 232 valence electrons. The van der Waals surface area contributed by atoms with Gasteiger partial charge in [0.05, 0.1) is 0 Å². The summed E-state index contributed by atoms with van der Waals surface area (Å²) in [5.41, 5.74) is 3.28. The van der Waals surface area contributed by atoms with Crippen LogP contribution in [0.1, 0.15) is 48.5 Å². The number of nitrogens with zero attached hydrogens (tertiary/aromatic N) is 1. The first-order chi connectivity index (χ1) is 20.5. The molecule has 0 heterocycles. The number of anilines is 3. The van der Waals surface area contributed by atoms with Gasteiger partial charge in [-0.05, 0) is 84.9 Å². The lowest BCUT2D eigenvalue weighted by molar-refractivity contribution is -0.0247. The van der Waals surface area contributed by atoms with E-state index in [1.807, 2.05) is 60.6 Å². The van der Waals surface area contributed by atoms with Crippen LogP contribution in [-0.2, 0) is 31.0 Å². The van der Waals surface area contributed by atoms with E-state index in [9.17, 15) is 0 Å². The van der Waals surface area contributed by atoms with Gasteiger partial charge in [0.15, 0.2) is 0 Å². The molecule has 0 amide bonds. The molecule has 8 nitrogen and oxygen atoms in total. The van der Waals surface area contributed by atoms with Crippen LogP contribution in [0.4, 0.5) is 17.1 Å². The predicted octanol–water partition coefficient (Wildman–Crippen LogP) is 6.98. The van der Waals surface area contributed by atoms with Crippen LogP contribution in [0.5, 0.6) is 0 Å². The van der Waals surface area contributed by atoms with Crippen molar-refractivity contribution < 1.29 is 31.0 Å². The van der Waals surface area contributed by atoms with E-state index in [0.717, 1.165) is 22.2 Å². The van der Waals surface area contributed by atoms with Gasteiger partial charge in [-0.3, -0.25) is 0 Å². The van der Waals surface area contributed by atoms with Crippen molar-refractivity contribution in [1.29, 1.82) is 0 Å². The number of hydrogen-bond donors (Lipinski definition) is 0. The van der Waals surface area contributed by atoms with E-state index >= 15 is 0 Å². The van der Waals surface area contributed by atoms with Crippen LogP contribution in [0.2, 0.25) is 0 Å². The highest BCUT2D eigenvalue weighted by atomic mass is 28.4. The lowest BCUT2D eigenvalue weighted by Crippen LogP contribution is -2.56. The molecule has 0 N–H and O–H groups in total. The summed E-state index contributed by atoms with van der Waals surface area (Å²) in [4.78, 5) is 2.23. The van der Waals surface area contributed by atoms with Crippen molar-refractivity contribution in [1.82, 2.24) is 0 Å². The normalized spacial score (nSPS) is 11.6. The standard InChI is InChI=1S/C24H29NO3Si.C8H20O4Si/c1-4-26-29(27-5-2,28-6-3)24-19-17-23(18-20-24)25(21-13-9-7-10-14-21)22-15-11-8-12-16-22;1-5-9-13(10-6-2,11-7-3)12-8-4/h7-20H,4-6H2,1-3H3;5-8H2,1-4H3. The molecule has 3 rings (SSSR count). The summed E-state index contributed by atoms with van der Waals surface area (Å²) in [5, 5.41) is 0.980. The number of benzene rings is 3. The molecule has 0 saturated heterocycles. The van der Waals surface area contributed by atoms with Gasteiger partial charge in [-0.25, -0.2) is 0 Å². The van der Waals surface area contributed by atoms with Crippen LogP contribution in [-0.4, -0.2) is 64.1 Å². The van der Waals surface area contributed by atoms with Crippen LogP contribution in [0.3, 0.4) is 0 Å². The Morgan fingerprint density at radius 2 is 0.714 bits per heavy atom. The van der Waals surface area contributed by atoms with E-state index < -0.39 is 17.9 Å². The maximum Gasteiger partial charge on any atom is 0.679 e. The second-order valence-electron chi connectivity index (χ2n) is 8.64. The zero-order valence-corrected chi connectivity index (χ0v) is 28.3. The molecule has 0 aliphatic rings. The molecule has 0 fully saturated rings. The minimum absolute atomic E-state index is 0.548. The van der Waals surface area contributed by atoms with Gasteiger partial charge in [-0.1, -0.05) is 48.5 Å². The fraction of sp³-hybridized carbons (Fsp3) is 0.438. The van der Waals surface area contributed by atoms with E-state index in [1.165, 1.54) is 0 Å². The summed E-state index contributed by atoms with van der Waals surface area (Å²) in [6.45, 7) is 17.4. The maximum atomic E-state index is 6.05. The lowest BCUT2D eigenvalue weighted by atomic mass is 10.2. The average Bonchev–Trinajstić information content (AvgIpc) is 3.00. The molecular formula is C32H49NO7Si2. The maximum absolute atomic E-state index is 6.05. The summed E-state index contributed by atoms with van der Waals surface area (Å²) in [5.74, 6) is 0. The van der Waals surface area contributed by atoms with Gasteiger partial charge in [-0.2, -0.15) is 0 Å². The first-order valence-electron chi connectivity index (χ1n) is 15.0. The molecule has 0 aliphatic heterocycles. The van der Waals surface area contributed by atoms with E-state index in [2.05, 4.69) is 77.7 Å². The topological polar surface area (TPSA) is 67.9 Å². The van der Waals surface area contributed by atoms with Gasteiger partial charge in [0, 0.05) is 68.5 Å². The highest BCUT2D eigenvalue weighted by molar-refractivity contribution is 6.75. The Morgan fingerprint density at radius 3 is 1.02 bits per heavy atom. The first-order valence-corrected chi connectivity index (χ1v) is 18.3. The average molecular weight is 616 g/mol. The molecule has 0 saturated carbocycles. The summed E-state index contributed by atoms with van der Waals surface area (Å²) < 4.78 is 39.8.